The number of ketones is 1. The molecule has 0 bridgehead atoms. The van der Waals surface area contributed by atoms with E-state index in [4.69, 9.17) is 4.74 Å². The molecule has 0 radical (unpaired) electrons. The first-order valence-corrected chi connectivity index (χ1v) is 12.1. The van der Waals surface area contributed by atoms with Crippen LogP contribution < -0.4 is 10.1 Å². The minimum atomic E-state index is 0.0765. The van der Waals surface area contributed by atoms with Crippen LogP contribution in [0.1, 0.15) is 48.3 Å². The number of allylic oxidation sites excluding steroid dienone is 2. The maximum atomic E-state index is 10.8. The van der Waals surface area contributed by atoms with Gasteiger partial charge in [-0.2, -0.15) is 0 Å². The molecule has 0 unspecified atom stereocenters. The maximum Gasteiger partial charge on any atom is 0.159 e. The summed E-state index contributed by atoms with van der Waals surface area (Å²) in [5.41, 5.74) is 6.26. The van der Waals surface area contributed by atoms with Gasteiger partial charge < -0.3 is 14.6 Å². The van der Waals surface area contributed by atoms with Crippen molar-refractivity contribution in [2.45, 2.75) is 33.7 Å². The summed E-state index contributed by atoms with van der Waals surface area (Å²) in [5, 5.41) is 3.30. The molecule has 0 aliphatic carbocycles. The number of methoxy groups -OCH3 is 1. The number of fused-ring (bicyclic) bond motifs is 1. The third-order valence-corrected chi connectivity index (χ3v) is 5.81. The van der Waals surface area contributed by atoms with Crippen molar-refractivity contribution in [3.8, 4) is 5.75 Å². The number of aliphatic imine (C=N–C) groups is 1. The number of hydrogen-bond donors (Lipinski definition) is 1. The van der Waals surface area contributed by atoms with Crippen LogP contribution in [0.5, 0.6) is 5.75 Å². The van der Waals surface area contributed by atoms with Gasteiger partial charge in [-0.1, -0.05) is 43.0 Å². The van der Waals surface area contributed by atoms with Gasteiger partial charge in [0.15, 0.2) is 5.78 Å². The molecule has 0 aliphatic rings. The quantitative estimate of drug-likeness (QED) is 0.212. The molecule has 0 saturated carbocycles. The lowest BCUT2D eigenvalue weighted by Gasteiger charge is -2.14. The topological polar surface area (TPSA) is 68.5 Å². The van der Waals surface area contributed by atoms with Crippen LogP contribution in [0.15, 0.2) is 103 Å². The van der Waals surface area contributed by atoms with Crippen LogP contribution >= 0.6 is 0 Å². The van der Waals surface area contributed by atoms with E-state index in [1.54, 1.807) is 44.5 Å². The van der Waals surface area contributed by atoms with Crippen molar-refractivity contribution in [3.05, 3.63) is 114 Å². The molecule has 1 aromatic heterocycles. The average molecular weight is 495 g/mol. The number of nitrogens with zero attached hydrogens (tertiary/aromatic N) is 3. The lowest BCUT2D eigenvalue weighted by Crippen LogP contribution is -2.16. The van der Waals surface area contributed by atoms with E-state index in [1.807, 2.05) is 37.5 Å². The summed E-state index contributed by atoms with van der Waals surface area (Å²) in [4.78, 5) is 19.7. The van der Waals surface area contributed by atoms with Gasteiger partial charge in [-0.25, -0.2) is 9.98 Å². The van der Waals surface area contributed by atoms with Gasteiger partial charge in [0.2, 0.25) is 0 Å². The highest BCUT2D eigenvalue weighted by Gasteiger charge is 2.05. The molecule has 1 heterocycles. The molecule has 4 aromatic rings. The second-order valence-electron chi connectivity index (χ2n) is 8.70. The van der Waals surface area contributed by atoms with Crippen LogP contribution in [0.4, 0.5) is 0 Å². The fourth-order valence-electron chi connectivity index (χ4n) is 3.66. The summed E-state index contributed by atoms with van der Waals surface area (Å²) < 4.78 is 7.00. The Labute approximate surface area is 219 Å². The Balaban J connectivity index is 0.000000289. The van der Waals surface area contributed by atoms with E-state index in [1.165, 1.54) is 11.1 Å². The van der Waals surface area contributed by atoms with Gasteiger partial charge in [0.05, 0.1) is 18.1 Å². The number of ether oxygens (including phenoxy) is 1. The second-order valence-corrected chi connectivity index (χ2v) is 8.70. The molecule has 0 fully saturated rings. The molecule has 6 nitrogen and oxygen atoms in total. The number of carbonyl (C=O) groups is 1. The van der Waals surface area contributed by atoms with Crippen LogP contribution in [0.3, 0.4) is 0 Å². The van der Waals surface area contributed by atoms with Crippen LogP contribution in [-0.4, -0.2) is 28.7 Å². The number of benzene rings is 3. The van der Waals surface area contributed by atoms with Crippen molar-refractivity contribution in [1.29, 1.82) is 0 Å². The third-order valence-electron chi connectivity index (χ3n) is 5.81. The highest BCUT2D eigenvalue weighted by atomic mass is 16.5. The number of aromatic nitrogens is 2. The Morgan fingerprint density at radius 2 is 1.78 bits per heavy atom. The van der Waals surface area contributed by atoms with E-state index < -0.39 is 0 Å². The molecule has 190 valence electrons. The number of Topliss-reactive ketones (excluding diaryl/α,β-unsaturated/α-hetero) is 1. The molecule has 0 saturated heterocycles. The van der Waals surface area contributed by atoms with Crippen LogP contribution in [0, 0.1) is 6.92 Å². The summed E-state index contributed by atoms with van der Waals surface area (Å²) in [7, 11) is 1.60. The normalized spacial score (nSPS) is 12.1. The molecule has 37 heavy (non-hydrogen) atoms. The van der Waals surface area contributed by atoms with Crippen LogP contribution in [0.2, 0.25) is 0 Å². The van der Waals surface area contributed by atoms with Crippen molar-refractivity contribution in [2.24, 2.45) is 4.99 Å². The van der Waals surface area contributed by atoms with Gasteiger partial charge in [0.25, 0.3) is 0 Å². The number of imidazole rings is 1. The number of aryl methyl sites for hydroxylation is 1. The third kappa shape index (κ3) is 7.77. The second kappa shape index (κ2) is 13.0. The van der Waals surface area contributed by atoms with E-state index >= 15 is 0 Å². The summed E-state index contributed by atoms with van der Waals surface area (Å²) in [5.74, 6) is 1.49. The van der Waals surface area contributed by atoms with Crippen molar-refractivity contribution in [2.75, 3.05) is 7.11 Å². The number of carbonyl (C=O) groups excluding carboxylic acids is 1. The highest BCUT2D eigenvalue weighted by Crippen LogP contribution is 2.18. The van der Waals surface area contributed by atoms with E-state index in [2.05, 4.69) is 70.6 Å². The molecule has 4 rings (SSSR count). The Morgan fingerprint density at radius 3 is 2.43 bits per heavy atom. The van der Waals surface area contributed by atoms with E-state index in [0.29, 0.717) is 11.4 Å². The lowest BCUT2D eigenvalue weighted by molar-refractivity contribution is 0.101. The number of nitrogens with one attached hydrogen (secondary N) is 1. The number of rotatable bonds is 8. The van der Waals surface area contributed by atoms with Crippen molar-refractivity contribution >= 4 is 28.7 Å². The molecule has 1 N–H and O–H groups in total. The Morgan fingerprint density at radius 1 is 1.08 bits per heavy atom. The summed E-state index contributed by atoms with van der Waals surface area (Å²) in [6, 6.07) is 23.7. The maximum absolute atomic E-state index is 10.8. The molecule has 6 heteroatoms. The van der Waals surface area contributed by atoms with Gasteiger partial charge in [-0.05, 0) is 81.3 Å². The van der Waals surface area contributed by atoms with Crippen molar-refractivity contribution in [3.63, 3.8) is 0 Å². The molecule has 1 atom stereocenters. The smallest absolute Gasteiger partial charge is 0.159 e. The Kier molecular flexibility index (Phi) is 9.55. The minimum absolute atomic E-state index is 0.0765. The van der Waals surface area contributed by atoms with E-state index in [9.17, 15) is 4.79 Å². The van der Waals surface area contributed by atoms with Gasteiger partial charge >= 0.3 is 0 Å². The van der Waals surface area contributed by atoms with Crippen molar-refractivity contribution < 1.29 is 9.53 Å². The number of hydrogen-bond acceptors (Lipinski definition) is 5. The fourth-order valence-corrected chi connectivity index (χ4v) is 3.66. The zero-order valence-electron chi connectivity index (χ0n) is 22.1. The lowest BCUT2D eigenvalue weighted by atomic mass is 10.1. The first-order valence-electron chi connectivity index (χ1n) is 12.1. The standard InChI is InChI=1S/C22H24N4.C9H10O2/c1-16-10-11-22-21(14-16)24-15-26(22)17(2)12-13-23-19(4)25-18(3)20-8-6-5-7-9-20;1-7(10)8-3-5-9(11-2)6-4-8/h5-15,18,25H,4H2,1-3H3;3-6H,1-2H3/b17-12+,23-13-;/t18-;/m0./s1. The molecule has 0 amide bonds. The molecular weight excluding hydrogens is 460 g/mol. The van der Waals surface area contributed by atoms with E-state index in [0.717, 1.165) is 22.5 Å². The monoisotopic (exact) mass is 494 g/mol. The molecule has 3 aromatic carbocycles. The summed E-state index contributed by atoms with van der Waals surface area (Å²) >= 11 is 0. The minimum Gasteiger partial charge on any atom is -0.497 e. The molecule has 0 aliphatic heterocycles. The van der Waals surface area contributed by atoms with Gasteiger partial charge in [-0.3, -0.25) is 4.79 Å². The summed E-state index contributed by atoms with van der Waals surface area (Å²) in [6.07, 6.45) is 5.57. The highest BCUT2D eigenvalue weighted by molar-refractivity contribution is 5.94. The Hall–Kier alpha value is -4.45. The first-order chi connectivity index (χ1) is 17.8. The predicted octanol–water partition coefficient (Wildman–Crippen LogP) is 7.00. The first kappa shape index (κ1) is 27.1. The summed E-state index contributed by atoms with van der Waals surface area (Å²) in [6.45, 7) is 11.7. The van der Waals surface area contributed by atoms with Crippen LogP contribution in [-0.2, 0) is 0 Å². The zero-order chi connectivity index (χ0) is 26.8. The largest absolute Gasteiger partial charge is 0.497 e. The molecular formula is C31H34N4O2. The fraction of sp³-hybridized carbons (Fsp3) is 0.194. The zero-order valence-corrected chi connectivity index (χ0v) is 22.1. The van der Waals surface area contributed by atoms with Gasteiger partial charge in [-0.15, -0.1) is 0 Å². The average Bonchev–Trinajstić information content (AvgIpc) is 3.32. The SMILES string of the molecule is C=C(/N=C\C=C(/C)n1cnc2cc(C)ccc21)N[C@@H](C)c1ccccc1.COc1ccc(C(C)=O)cc1. The van der Waals surface area contributed by atoms with Gasteiger partial charge in [0, 0.05) is 23.5 Å². The van der Waals surface area contributed by atoms with Crippen molar-refractivity contribution in [1.82, 2.24) is 14.9 Å². The predicted molar refractivity (Wildman–Crippen MR) is 153 cm³/mol. The Bertz CT molecular complexity index is 1400. The molecule has 0 spiro atoms. The van der Waals surface area contributed by atoms with E-state index in [-0.39, 0.29) is 11.8 Å². The van der Waals surface area contributed by atoms with Crippen LogP contribution in [0.25, 0.3) is 16.7 Å². The van der Waals surface area contributed by atoms with Gasteiger partial charge in [0.1, 0.15) is 17.9 Å².